The summed E-state index contributed by atoms with van der Waals surface area (Å²) >= 11 is 0. The van der Waals surface area contributed by atoms with Crippen LogP contribution in [0.25, 0.3) is 0 Å². The standard InChI is InChI=1S/C18H15N3O4/c22-20(23)12-4-1-3-11(9-12)18-15-6-2-5-14(15)16-10-13(21(24)25)7-8-17(16)19-18/h1-5,7-10,14-15,18-19H,6H2. The number of hydrogen-bond donors (Lipinski definition) is 1. The predicted molar refractivity (Wildman–Crippen MR) is 92.5 cm³/mol. The monoisotopic (exact) mass is 337 g/mol. The van der Waals surface area contributed by atoms with Crippen molar-refractivity contribution in [1.29, 1.82) is 0 Å². The minimum Gasteiger partial charge on any atom is -0.378 e. The molecule has 126 valence electrons. The second-order valence-corrected chi connectivity index (χ2v) is 6.36. The lowest BCUT2D eigenvalue weighted by Gasteiger charge is -2.37. The third-order valence-electron chi connectivity index (χ3n) is 5.00. The molecular formula is C18H15N3O4. The summed E-state index contributed by atoms with van der Waals surface area (Å²) in [4.78, 5) is 21.4. The smallest absolute Gasteiger partial charge is 0.269 e. The molecule has 0 saturated heterocycles. The summed E-state index contributed by atoms with van der Waals surface area (Å²) in [7, 11) is 0. The van der Waals surface area contributed by atoms with Gasteiger partial charge < -0.3 is 5.32 Å². The van der Waals surface area contributed by atoms with Crippen LogP contribution in [0.15, 0.2) is 54.6 Å². The number of nitro benzene ring substituents is 2. The molecule has 25 heavy (non-hydrogen) atoms. The highest BCUT2D eigenvalue weighted by Gasteiger charge is 2.38. The van der Waals surface area contributed by atoms with Crippen LogP contribution in [0.5, 0.6) is 0 Å². The van der Waals surface area contributed by atoms with Gasteiger partial charge in [0.15, 0.2) is 0 Å². The quantitative estimate of drug-likeness (QED) is 0.510. The zero-order chi connectivity index (χ0) is 17.6. The SMILES string of the molecule is O=[N+]([O-])c1cccc(C2Nc3ccc([N+](=O)[O-])cc3C3C=CCC32)c1. The lowest BCUT2D eigenvalue weighted by molar-refractivity contribution is -0.385. The van der Waals surface area contributed by atoms with E-state index in [1.165, 1.54) is 12.1 Å². The molecule has 0 aromatic heterocycles. The maximum atomic E-state index is 11.1. The van der Waals surface area contributed by atoms with Gasteiger partial charge in [-0.2, -0.15) is 0 Å². The highest BCUT2D eigenvalue weighted by Crippen LogP contribution is 2.50. The maximum Gasteiger partial charge on any atom is 0.269 e. The highest BCUT2D eigenvalue weighted by molar-refractivity contribution is 5.63. The molecule has 1 aliphatic carbocycles. The number of fused-ring (bicyclic) bond motifs is 3. The first-order valence-corrected chi connectivity index (χ1v) is 8.00. The lowest BCUT2D eigenvalue weighted by atomic mass is 9.77. The molecular weight excluding hydrogens is 322 g/mol. The molecule has 1 aliphatic heterocycles. The van der Waals surface area contributed by atoms with Crippen molar-refractivity contribution in [2.75, 3.05) is 5.32 Å². The van der Waals surface area contributed by atoms with E-state index in [1.807, 2.05) is 6.07 Å². The van der Waals surface area contributed by atoms with Gasteiger partial charge in [0.1, 0.15) is 0 Å². The van der Waals surface area contributed by atoms with Crippen molar-refractivity contribution in [3.8, 4) is 0 Å². The van der Waals surface area contributed by atoms with Crippen LogP contribution < -0.4 is 5.32 Å². The van der Waals surface area contributed by atoms with Gasteiger partial charge in [0.2, 0.25) is 0 Å². The number of allylic oxidation sites excluding steroid dienone is 2. The number of nitrogens with zero attached hydrogens (tertiary/aromatic N) is 2. The number of nitro groups is 2. The van der Waals surface area contributed by atoms with Gasteiger partial charge in [0, 0.05) is 35.9 Å². The molecule has 0 spiro atoms. The molecule has 3 unspecified atom stereocenters. The minimum absolute atomic E-state index is 0.0660. The summed E-state index contributed by atoms with van der Waals surface area (Å²) in [6.07, 6.45) is 4.99. The second-order valence-electron chi connectivity index (χ2n) is 6.36. The number of non-ortho nitro benzene ring substituents is 2. The molecule has 0 fully saturated rings. The fourth-order valence-corrected chi connectivity index (χ4v) is 3.86. The number of nitrogens with one attached hydrogen (secondary N) is 1. The van der Waals surface area contributed by atoms with Gasteiger partial charge in [-0.3, -0.25) is 20.2 Å². The van der Waals surface area contributed by atoms with E-state index in [0.29, 0.717) is 0 Å². The van der Waals surface area contributed by atoms with Crippen molar-refractivity contribution in [2.24, 2.45) is 5.92 Å². The van der Waals surface area contributed by atoms with Crippen LogP contribution in [-0.4, -0.2) is 9.85 Å². The van der Waals surface area contributed by atoms with E-state index in [1.54, 1.807) is 24.3 Å². The molecule has 0 amide bonds. The lowest BCUT2D eigenvalue weighted by Crippen LogP contribution is -2.29. The zero-order valence-electron chi connectivity index (χ0n) is 13.2. The van der Waals surface area contributed by atoms with Crippen LogP contribution in [0, 0.1) is 26.1 Å². The number of anilines is 1. The fraction of sp³-hybridized carbons (Fsp3) is 0.222. The van der Waals surface area contributed by atoms with E-state index < -0.39 is 4.92 Å². The van der Waals surface area contributed by atoms with Crippen LogP contribution in [0.1, 0.15) is 29.5 Å². The second kappa shape index (κ2) is 5.70. The van der Waals surface area contributed by atoms with Crippen LogP contribution in [0.3, 0.4) is 0 Å². The van der Waals surface area contributed by atoms with Crippen molar-refractivity contribution in [3.05, 3.63) is 86.0 Å². The van der Waals surface area contributed by atoms with E-state index in [9.17, 15) is 20.2 Å². The Bertz CT molecular complexity index is 909. The predicted octanol–water partition coefficient (Wildman–Crippen LogP) is 4.33. The van der Waals surface area contributed by atoms with Crippen LogP contribution in [0.4, 0.5) is 17.1 Å². The Morgan fingerprint density at radius 2 is 1.76 bits per heavy atom. The molecule has 3 atom stereocenters. The Hall–Kier alpha value is -3.22. The molecule has 0 bridgehead atoms. The molecule has 2 aromatic rings. The van der Waals surface area contributed by atoms with Crippen molar-refractivity contribution in [1.82, 2.24) is 0 Å². The summed E-state index contributed by atoms with van der Waals surface area (Å²) in [5, 5.41) is 25.6. The fourth-order valence-electron chi connectivity index (χ4n) is 3.86. The van der Waals surface area contributed by atoms with Gasteiger partial charge >= 0.3 is 0 Å². The van der Waals surface area contributed by atoms with Crippen LogP contribution in [0.2, 0.25) is 0 Å². The average molecular weight is 337 g/mol. The first-order valence-electron chi connectivity index (χ1n) is 8.00. The Balaban J connectivity index is 1.77. The number of rotatable bonds is 3. The van der Waals surface area contributed by atoms with Crippen molar-refractivity contribution in [3.63, 3.8) is 0 Å². The van der Waals surface area contributed by atoms with E-state index >= 15 is 0 Å². The molecule has 0 saturated carbocycles. The third kappa shape index (κ3) is 2.53. The Morgan fingerprint density at radius 3 is 2.52 bits per heavy atom. The molecule has 2 aliphatic rings. The molecule has 1 heterocycles. The first-order chi connectivity index (χ1) is 12.0. The minimum atomic E-state index is -0.395. The molecule has 7 heteroatoms. The summed E-state index contributed by atoms with van der Waals surface area (Å²) in [5.74, 6) is 0.247. The Morgan fingerprint density at radius 1 is 1.00 bits per heavy atom. The molecule has 0 radical (unpaired) electrons. The molecule has 2 aromatic carbocycles. The van der Waals surface area contributed by atoms with Crippen molar-refractivity contribution < 1.29 is 9.85 Å². The third-order valence-corrected chi connectivity index (χ3v) is 5.00. The first kappa shape index (κ1) is 15.3. The van der Waals surface area contributed by atoms with E-state index in [4.69, 9.17) is 0 Å². The molecule has 4 rings (SSSR count). The van der Waals surface area contributed by atoms with E-state index in [2.05, 4.69) is 17.5 Å². The normalized spacial score (nSPS) is 23.4. The van der Waals surface area contributed by atoms with E-state index in [-0.39, 0.29) is 34.2 Å². The Labute approximate surface area is 143 Å². The summed E-state index contributed by atoms with van der Waals surface area (Å²) in [6, 6.07) is 11.4. The van der Waals surface area contributed by atoms with E-state index in [0.717, 1.165) is 23.2 Å². The summed E-state index contributed by atoms with van der Waals surface area (Å²) in [5.41, 5.74) is 2.76. The maximum absolute atomic E-state index is 11.1. The van der Waals surface area contributed by atoms with Gasteiger partial charge in [-0.15, -0.1) is 0 Å². The van der Waals surface area contributed by atoms with Crippen molar-refractivity contribution >= 4 is 17.1 Å². The average Bonchev–Trinajstić information content (AvgIpc) is 3.10. The van der Waals surface area contributed by atoms with Crippen LogP contribution >= 0.6 is 0 Å². The van der Waals surface area contributed by atoms with Gasteiger partial charge in [0.05, 0.1) is 15.9 Å². The Kier molecular flexibility index (Phi) is 3.49. The van der Waals surface area contributed by atoms with Gasteiger partial charge in [-0.1, -0.05) is 24.3 Å². The largest absolute Gasteiger partial charge is 0.378 e. The molecule has 1 N–H and O–H groups in total. The van der Waals surface area contributed by atoms with Gasteiger partial charge in [-0.05, 0) is 29.5 Å². The topological polar surface area (TPSA) is 98.3 Å². The number of benzene rings is 2. The molecule has 7 nitrogen and oxygen atoms in total. The van der Waals surface area contributed by atoms with Gasteiger partial charge in [0.25, 0.3) is 11.4 Å². The van der Waals surface area contributed by atoms with Gasteiger partial charge in [-0.25, -0.2) is 0 Å². The van der Waals surface area contributed by atoms with Crippen LogP contribution in [-0.2, 0) is 0 Å². The summed E-state index contributed by atoms with van der Waals surface area (Å²) in [6.45, 7) is 0. The number of hydrogen-bond acceptors (Lipinski definition) is 5. The zero-order valence-corrected chi connectivity index (χ0v) is 13.2. The highest BCUT2D eigenvalue weighted by atomic mass is 16.6. The summed E-state index contributed by atoms with van der Waals surface area (Å²) < 4.78 is 0. The van der Waals surface area contributed by atoms with Crippen molar-refractivity contribution in [2.45, 2.75) is 18.4 Å².